The summed E-state index contributed by atoms with van der Waals surface area (Å²) < 4.78 is 20.2. The maximum Gasteiger partial charge on any atom is 0.351 e. The van der Waals surface area contributed by atoms with Gasteiger partial charge < -0.3 is 14.2 Å². The zero-order valence-electron chi connectivity index (χ0n) is 28.1. The molecule has 3 atom stereocenters. The van der Waals surface area contributed by atoms with E-state index in [1.807, 2.05) is 13.8 Å². The van der Waals surface area contributed by atoms with Gasteiger partial charge in [-0.1, -0.05) is 47.5 Å². The van der Waals surface area contributed by atoms with E-state index >= 15 is 0 Å². The van der Waals surface area contributed by atoms with E-state index in [0.29, 0.717) is 21.8 Å². The second-order valence-corrected chi connectivity index (χ2v) is 12.3. The SMILES string of the molecule is Cc1ccc(C(=O)OC[C@H]2O[C@@H](n3cc(CCON4C(=O)c5ccccc5C4=O)c(-n4cncn4)nc3=O)C[C@@H]2OC(=O)c2ccc(C)cc2)cc1. The Morgan fingerprint density at radius 1 is 0.865 bits per heavy atom. The quantitative estimate of drug-likeness (QED) is 0.145. The summed E-state index contributed by atoms with van der Waals surface area (Å²) in [7, 11) is 0. The molecule has 2 aromatic heterocycles. The number of rotatable bonds is 11. The van der Waals surface area contributed by atoms with Crippen LogP contribution in [-0.2, 0) is 25.5 Å². The van der Waals surface area contributed by atoms with Crippen LogP contribution in [0.15, 0.2) is 96.4 Å². The summed E-state index contributed by atoms with van der Waals surface area (Å²) in [6.45, 7) is 3.38. The van der Waals surface area contributed by atoms with Gasteiger partial charge >= 0.3 is 17.6 Å². The van der Waals surface area contributed by atoms with Crippen LogP contribution in [0.3, 0.4) is 0 Å². The summed E-state index contributed by atoms with van der Waals surface area (Å²) in [6.07, 6.45) is 1.42. The molecule has 0 aliphatic carbocycles. The summed E-state index contributed by atoms with van der Waals surface area (Å²) in [5.74, 6) is -2.22. The number of esters is 2. The van der Waals surface area contributed by atoms with Gasteiger partial charge in [0.25, 0.3) is 11.8 Å². The highest BCUT2D eigenvalue weighted by atomic mass is 16.7. The monoisotopic (exact) mass is 704 g/mol. The van der Waals surface area contributed by atoms with Crippen LogP contribution in [-0.4, -0.2) is 78.6 Å². The lowest BCUT2D eigenvalue weighted by atomic mass is 10.1. The fourth-order valence-corrected chi connectivity index (χ4v) is 5.90. The summed E-state index contributed by atoms with van der Waals surface area (Å²) >= 11 is 0. The van der Waals surface area contributed by atoms with Gasteiger partial charge in [-0.2, -0.15) is 10.1 Å². The van der Waals surface area contributed by atoms with Crippen LogP contribution < -0.4 is 5.69 Å². The molecule has 0 radical (unpaired) electrons. The van der Waals surface area contributed by atoms with Gasteiger partial charge in [-0.05, 0) is 50.2 Å². The summed E-state index contributed by atoms with van der Waals surface area (Å²) in [4.78, 5) is 79.1. The number of nitrogens with zero attached hydrogens (tertiary/aromatic N) is 6. The number of carbonyl (C=O) groups excluding carboxylic acids is 4. The van der Waals surface area contributed by atoms with Gasteiger partial charge in [0.05, 0.1) is 28.9 Å². The summed E-state index contributed by atoms with van der Waals surface area (Å²) in [5.41, 5.74) is 2.81. The van der Waals surface area contributed by atoms with E-state index in [0.717, 1.165) is 11.1 Å². The first-order chi connectivity index (χ1) is 25.2. The van der Waals surface area contributed by atoms with Crippen LogP contribution in [0.4, 0.5) is 0 Å². The van der Waals surface area contributed by atoms with Crippen molar-refractivity contribution in [3.8, 4) is 5.82 Å². The Balaban J connectivity index is 1.12. The Bertz CT molecular complexity index is 2170. The fourth-order valence-electron chi connectivity index (χ4n) is 5.90. The largest absolute Gasteiger partial charge is 0.459 e. The molecule has 1 saturated heterocycles. The summed E-state index contributed by atoms with van der Waals surface area (Å²) in [5, 5.41) is 4.82. The van der Waals surface area contributed by atoms with E-state index in [4.69, 9.17) is 19.0 Å². The van der Waals surface area contributed by atoms with Crippen molar-refractivity contribution in [1.29, 1.82) is 0 Å². The van der Waals surface area contributed by atoms with Crippen molar-refractivity contribution >= 4 is 23.8 Å². The number of amides is 2. The minimum atomic E-state index is -0.986. The van der Waals surface area contributed by atoms with Gasteiger partial charge in [0.15, 0.2) is 5.82 Å². The van der Waals surface area contributed by atoms with Gasteiger partial charge in [-0.3, -0.25) is 19.0 Å². The molecule has 2 aliphatic heterocycles. The Hall–Kier alpha value is -6.32. The first-order valence-corrected chi connectivity index (χ1v) is 16.4. The molecule has 2 aliphatic rings. The molecule has 0 N–H and O–H groups in total. The predicted octanol–water partition coefficient (Wildman–Crippen LogP) is 3.58. The molecule has 5 aromatic rings. The van der Waals surface area contributed by atoms with Crippen molar-refractivity contribution < 1.29 is 38.2 Å². The third-order valence-corrected chi connectivity index (χ3v) is 8.69. The molecule has 52 heavy (non-hydrogen) atoms. The third kappa shape index (κ3) is 6.99. The number of carbonyl (C=O) groups is 4. The number of imide groups is 1. The Kier molecular flexibility index (Phi) is 9.52. The number of aromatic nitrogens is 5. The smallest absolute Gasteiger partial charge is 0.351 e. The molecule has 2 amide bonds. The second-order valence-electron chi connectivity index (χ2n) is 12.3. The molecule has 0 spiro atoms. The lowest BCUT2D eigenvalue weighted by molar-refractivity contribution is -0.0903. The van der Waals surface area contributed by atoms with Crippen molar-refractivity contribution in [2.75, 3.05) is 13.2 Å². The number of benzene rings is 3. The molecule has 7 rings (SSSR count). The van der Waals surface area contributed by atoms with Crippen LogP contribution in [0.1, 0.15) is 70.8 Å². The summed E-state index contributed by atoms with van der Waals surface area (Å²) in [6, 6.07) is 20.1. The Morgan fingerprint density at radius 3 is 2.12 bits per heavy atom. The van der Waals surface area contributed by atoms with Crippen LogP contribution in [0, 0.1) is 13.8 Å². The molecule has 264 valence electrons. The number of ether oxygens (including phenoxy) is 3. The van der Waals surface area contributed by atoms with Crippen molar-refractivity contribution in [1.82, 2.24) is 29.4 Å². The van der Waals surface area contributed by atoms with Gasteiger partial charge in [0.2, 0.25) is 0 Å². The van der Waals surface area contributed by atoms with E-state index < -0.39 is 47.9 Å². The average molecular weight is 705 g/mol. The molecule has 4 heterocycles. The number of hydroxylamine groups is 2. The van der Waals surface area contributed by atoms with Crippen molar-refractivity contribution in [2.24, 2.45) is 0 Å². The van der Waals surface area contributed by atoms with E-state index in [1.54, 1.807) is 72.8 Å². The average Bonchev–Trinajstić information content (AvgIpc) is 3.88. The minimum absolute atomic E-state index is 0.0274. The Labute approximate surface area is 296 Å². The van der Waals surface area contributed by atoms with E-state index in [9.17, 15) is 24.0 Å². The van der Waals surface area contributed by atoms with Crippen LogP contribution >= 0.6 is 0 Å². The molecular formula is C37H32N6O9. The van der Waals surface area contributed by atoms with Crippen LogP contribution in [0.2, 0.25) is 0 Å². The van der Waals surface area contributed by atoms with Crippen molar-refractivity contribution in [2.45, 2.75) is 45.1 Å². The standard InChI is InChI=1S/C37H32N6O9/c1-22-7-11-24(12-8-22)35(46)49-19-30-29(52-36(47)25-13-9-23(2)10-14-25)17-31(51-30)41-18-26(32(40-37(41)48)42-21-38-20-39-42)15-16-50-43-33(44)27-5-3-4-6-28(27)34(43)45/h3-14,18,20-21,29-31H,15-17,19H2,1-2H3/t29-,30+,31+/m0/s1. The first kappa shape index (κ1) is 34.1. The molecule has 1 fully saturated rings. The van der Waals surface area contributed by atoms with Gasteiger partial charge in [-0.15, -0.1) is 5.06 Å². The van der Waals surface area contributed by atoms with Crippen LogP contribution in [0.25, 0.3) is 5.82 Å². The van der Waals surface area contributed by atoms with E-state index in [2.05, 4.69) is 15.1 Å². The van der Waals surface area contributed by atoms with Crippen molar-refractivity contribution in [3.05, 3.63) is 141 Å². The van der Waals surface area contributed by atoms with E-state index in [1.165, 1.54) is 28.1 Å². The topological polar surface area (TPSA) is 174 Å². The molecule has 0 saturated carbocycles. The van der Waals surface area contributed by atoms with Crippen molar-refractivity contribution in [3.63, 3.8) is 0 Å². The van der Waals surface area contributed by atoms with Gasteiger partial charge in [0, 0.05) is 24.6 Å². The van der Waals surface area contributed by atoms with Crippen LogP contribution in [0.5, 0.6) is 0 Å². The lowest BCUT2D eigenvalue weighted by Gasteiger charge is -2.19. The molecule has 15 heteroatoms. The zero-order valence-corrected chi connectivity index (χ0v) is 28.1. The van der Waals surface area contributed by atoms with E-state index in [-0.39, 0.29) is 43.0 Å². The third-order valence-electron chi connectivity index (χ3n) is 8.69. The lowest BCUT2D eigenvalue weighted by Crippen LogP contribution is -2.32. The number of hydrogen-bond donors (Lipinski definition) is 0. The predicted molar refractivity (Wildman–Crippen MR) is 180 cm³/mol. The maximum absolute atomic E-state index is 13.5. The zero-order chi connectivity index (χ0) is 36.4. The van der Waals surface area contributed by atoms with Gasteiger partial charge in [-0.25, -0.2) is 24.0 Å². The fraction of sp³-hybridized carbons (Fsp3) is 0.243. The maximum atomic E-state index is 13.5. The van der Waals surface area contributed by atoms with Gasteiger partial charge in [0.1, 0.15) is 37.7 Å². The normalized spacial score (nSPS) is 18.0. The first-order valence-electron chi connectivity index (χ1n) is 16.4. The molecule has 0 unspecified atom stereocenters. The molecular weight excluding hydrogens is 672 g/mol. The highest BCUT2D eigenvalue weighted by Gasteiger charge is 2.41. The number of hydrogen-bond acceptors (Lipinski definition) is 12. The number of aryl methyl sites for hydroxylation is 2. The number of fused-ring (bicyclic) bond motifs is 1. The molecule has 15 nitrogen and oxygen atoms in total. The molecule has 3 aromatic carbocycles. The molecule has 0 bridgehead atoms. The minimum Gasteiger partial charge on any atom is -0.459 e. The highest BCUT2D eigenvalue weighted by Crippen LogP contribution is 2.32. The highest BCUT2D eigenvalue weighted by molar-refractivity contribution is 6.20. The Morgan fingerprint density at radius 2 is 1.50 bits per heavy atom. The second kappa shape index (κ2) is 14.5.